The van der Waals surface area contributed by atoms with Gasteiger partial charge in [0.15, 0.2) is 0 Å². The number of hydrogen-bond donors (Lipinski definition) is 1. The van der Waals surface area contributed by atoms with Crippen molar-refractivity contribution in [3.05, 3.63) is 0 Å². The summed E-state index contributed by atoms with van der Waals surface area (Å²) in [5.41, 5.74) is 0. The zero-order chi connectivity index (χ0) is 25.2. The van der Waals surface area contributed by atoms with E-state index in [9.17, 15) is 9.11 Å². The molecule has 1 aliphatic carbocycles. The summed E-state index contributed by atoms with van der Waals surface area (Å²) in [4.78, 5) is 2.64. The summed E-state index contributed by atoms with van der Waals surface area (Å²) >= 11 is -1.59. The molecule has 1 N–H and O–H groups in total. The van der Waals surface area contributed by atoms with Crippen molar-refractivity contribution in [1.29, 1.82) is 0 Å². The second-order valence-electron chi connectivity index (χ2n) is 12.4. The van der Waals surface area contributed by atoms with Gasteiger partial charge in [-0.05, 0) is 127 Å². The minimum absolute atomic E-state index is 0.127. The first-order chi connectivity index (χ1) is 15.3. The molecular weight excluding hydrogens is 450 g/mol. The lowest BCUT2D eigenvalue weighted by molar-refractivity contribution is 0.194. The van der Waals surface area contributed by atoms with Gasteiger partial charge in [-0.25, -0.2) is 0 Å². The quantitative estimate of drug-likeness (QED) is 0.222. The average Bonchev–Trinajstić information content (AvgIpc) is 3.17. The molecule has 1 fully saturated rings. The monoisotopic (exact) mass is 505 g/mol. The Hall–Kier alpha value is 0.540. The topological polar surface area (TPSA) is 69.6 Å². The van der Waals surface area contributed by atoms with Crippen molar-refractivity contribution in [2.24, 2.45) is 11.8 Å². The van der Waals surface area contributed by atoms with Crippen LogP contribution in [-0.2, 0) is 22.4 Å². The summed E-state index contributed by atoms with van der Waals surface area (Å²) in [5, 5.41) is 9.66. The molecule has 0 saturated heterocycles. The van der Waals surface area contributed by atoms with E-state index in [-0.39, 0.29) is 14.7 Å². The minimum atomic E-state index is -0.818. The normalized spacial score (nSPS) is 23.6. The maximum Gasteiger partial charge on any atom is 0.117 e. The summed E-state index contributed by atoms with van der Waals surface area (Å²) in [6.45, 7) is 20.6. The molecule has 6 heteroatoms. The van der Waals surface area contributed by atoms with Gasteiger partial charge in [0.05, 0.1) is 0 Å². The highest BCUT2D eigenvalue weighted by Gasteiger charge is 2.40. The number of nitrogens with zero attached hydrogens (tertiary/aromatic N) is 1. The highest BCUT2D eigenvalue weighted by atomic mass is 32.2. The summed E-state index contributed by atoms with van der Waals surface area (Å²) in [5.74, 6) is 1.15. The predicted molar refractivity (Wildman–Crippen MR) is 147 cm³/mol. The molecular formula is C27H55NO3S2. The van der Waals surface area contributed by atoms with E-state index in [1.165, 1.54) is 19.3 Å². The van der Waals surface area contributed by atoms with E-state index in [0.29, 0.717) is 23.7 Å². The average molecular weight is 506 g/mol. The van der Waals surface area contributed by atoms with Crippen LogP contribution in [0.1, 0.15) is 113 Å². The summed E-state index contributed by atoms with van der Waals surface area (Å²) in [6, 6.07) is 0. The van der Waals surface area contributed by atoms with Crippen molar-refractivity contribution in [2.75, 3.05) is 26.2 Å². The molecule has 0 aromatic rings. The highest BCUT2D eigenvalue weighted by Crippen LogP contribution is 2.36. The Morgan fingerprint density at radius 1 is 0.970 bits per heavy atom. The molecule has 1 saturated carbocycles. The Morgan fingerprint density at radius 2 is 1.61 bits per heavy atom. The number of hydrogen-bond acceptors (Lipinski definition) is 4. The van der Waals surface area contributed by atoms with Crippen LogP contribution in [0.2, 0.25) is 0 Å². The van der Waals surface area contributed by atoms with Crippen LogP contribution in [0, 0.1) is 11.8 Å². The van der Waals surface area contributed by atoms with E-state index in [2.05, 4.69) is 60.3 Å². The number of aliphatic hydroxyl groups excluding tert-OH is 1. The van der Waals surface area contributed by atoms with E-state index >= 15 is 0 Å². The molecule has 0 heterocycles. The standard InChI is InChI=1S/C27H55NO3S2/c1-9-24(32(30)26(3,4)5)18-22(2)20-28(16-12-10-11-13-17-29)21-23-14-15-25(19-23)33(31)27(6,7)8/h22-25,29H,9-21H2,1-8H3/t22-,23+,24?,25?,32?,33?/m0/s1. The van der Waals surface area contributed by atoms with Crippen LogP contribution in [0.15, 0.2) is 0 Å². The molecule has 0 amide bonds. The van der Waals surface area contributed by atoms with Gasteiger partial charge in [-0.2, -0.15) is 0 Å². The van der Waals surface area contributed by atoms with Gasteiger partial charge in [-0.3, -0.25) is 0 Å². The third kappa shape index (κ3) is 11.9. The summed E-state index contributed by atoms with van der Waals surface area (Å²) in [6.07, 6.45) is 9.69. The molecule has 4 unspecified atom stereocenters. The van der Waals surface area contributed by atoms with Crippen molar-refractivity contribution < 1.29 is 14.2 Å². The molecule has 1 aliphatic rings. The molecule has 0 aromatic carbocycles. The number of unbranched alkanes of at least 4 members (excludes halogenated alkanes) is 3. The van der Waals surface area contributed by atoms with Crippen LogP contribution in [0.4, 0.5) is 0 Å². The third-order valence-electron chi connectivity index (χ3n) is 6.90. The Labute approximate surface area is 212 Å². The SMILES string of the molecule is CCC(C[C@H](C)CN(CCCCCCO)C[C@@H]1CCC([S+]([O-])C(C)(C)C)C1)[S+]([O-])C(C)(C)C. The molecule has 0 spiro atoms. The van der Waals surface area contributed by atoms with Crippen molar-refractivity contribution in [2.45, 2.75) is 133 Å². The Morgan fingerprint density at radius 3 is 2.15 bits per heavy atom. The lowest BCUT2D eigenvalue weighted by Gasteiger charge is -2.34. The molecule has 33 heavy (non-hydrogen) atoms. The van der Waals surface area contributed by atoms with E-state index in [0.717, 1.165) is 58.2 Å². The zero-order valence-electron chi connectivity index (χ0n) is 23.0. The summed E-state index contributed by atoms with van der Waals surface area (Å²) < 4.78 is 25.6. The van der Waals surface area contributed by atoms with Crippen LogP contribution < -0.4 is 0 Å². The van der Waals surface area contributed by atoms with E-state index < -0.39 is 22.4 Å². The Bertz CT molecular complexity index is 520. The van der Waals surface area contributed by atoms with Crippen LogP contribution in [0.25, 0.3) is 0 Å². The number of rotatable bonds is 15. The van der Waals surface area contributed by atoms with Crippen LogP contribution in [0.5, 0.6) is 0 Å². The molecule has 0 aromatic heterocycles. The van der Waals surface area contributed by atoms with Gasteiger partial charge in [0.25, 0.3) is 0 Å². The molecule has 0 radical (unpaired) electrons. The molecule has 4 nitrogen and oxygen atoms in total. The van der Waals surface area contributed by atoms with Crippen molar-refractivity contribution in [3.8, 4) is 0 Å². The van der Waals surface area contributed by atoms with Crippen molar-refractivity contribution >= 4 is 22.4 Å². The van der Waals surface area contributed by atoms with E-state index in [4.69, 9.17) is 5.11 Å². The van der Waals surface area contributed by atoms with Gasteiger partial charge in [0, 0.05) is 19.7 Å². The van der Waals surface area contributed by atoms with Crippen LogP contribution in [-0.4, -0.2) is 65.3 Å². The lowest BCUT2D eigenvalue weighted by atomic mass is 10.0. The zero-order valence-corrected chi connectivity index (χ0v) is 24.7. The predicted octanol–water partition coefficient (Wildman–Crippen LogP) is 5.91. The Kier molecular flexibility index (Phi) is 14.3. The first-order valence-corrected chi connectivity index (χ1v) is 15.9. The Balaban J connectivity index is 2.69. The smallest absolute Gasteiger partial charge is 0.117 e. The lowest BCUT2D eigenvalue weighted by Crippen LogP contribution is -2.40. The van der Waals surface area contributed by atoms with E-state index in [1.807, 2.05) is 0 Å². The largest absolute Gasteiger partial charge is 0.616 e. The fourth-order valence-corrected chi connectivity index (χ4v) is 8.79. The second kappa shape index (κ2) is 14.9. The van der Waals surface area contributed by atoms with Crippen molar-refractivity contribution in [3.63, 3.8) is 0 Å². The molecule has 0 aliphatic heterocycles. The first kappa shape index (κ1) is 31.6. The maximum absolute atomic E-state index is 13.0. The van der Waals surface area contributed by atoms with E-state index in [1.54, 1.807) is 0 Å². The van der Waals surface area contributed by atoms with Gasteiger partial charge in [-0.15, -0.1) is 0 Å². The van der Waals surface area contributed by atoms with Crippen LogP contribution in [0.3, 0.4) is 0 Å². The molecule has 1 rings (SSSR count). The van der Waals surface area contributed by atoms with Gasteiger partial charge in [-0.1, -0.05) is 26.7 Å². The van der Waals surface area contributed by atoms with Crippen molar-refractivity contribution in [1.82, 2.24) is 4.90 Å². The van der Waals surface area contributed by atoms with Gasteiger partial charge >= 0.3 is 0 Å². The fraction of sp³-hybridized carbons (Fsp3) is 1.00. The maximum atomic E-state index is 13.0. The molecule has 6 atom stereocenters. The number of aliphatic hydroxyl groups is 1. The fourth-order valence-electron chi connectivity index (χ4n) is 5.18. The highest BCUT2D eigenvalue weighted by molar-refractivity contribution is 7.93. The minimum Gasteiger partial charge on any atom is -0.616 e. The van der Waals surface area contributed by atoms with Crippen LogP contribution >= 0.6 is 0 Å². The summed E-state index contributed by atoms with van der Waals surface area (Å²) in [7, 11) is 0. The molecule has 198 valence electrons. The first-order valence-electron chi connectivity index (χ1n) is 13.4. The van der Waals surface area contributed by atoms with Gasteiger partial charge < -0.3 is 19.1 Å². The molecule has 0 bridgehead atoms. The third-order valence-corrected chi connectivity index (χ3v) is 11.5. The van der Waals surface area contributed by atoms with Gasteiger partial charge in [0.1, 0.15) is 20.0 Å². The van der Waals surface area contributed by atoms with Gasteiger partial charge in [0.2, 0.25) is 0 Å². The second-order valence-corrected chi connectivity index (χ2v) is 17.4.